The Labute approximate surface area is 175 Å². The summed E-state index contributed by atoms with van der Waals surface area (Å²) in [6.07, 6.45) is 12.3. The molecule has 4 rings (SSSR count). The standard InChI is InChI=1S/C23H23N5O2/c1-14-7-21(23(29)28-18-4-5-19(30-2)13-26-12-18)20-9-15(3-6-22(20)27-14)16-8-17(24)11-25-10-16/h3-14,26-27H,24H2,1-2H3,(H,28,29). The van der Waals surface area contributed by atoms with Gasteiger partial charge in [0.05, 0.1) is 18.5 Å². The number of nitrogens with zero attached hydrogens (tertiary/aromatic N) is 1. The van der Waals surface area contributed by atoms with Crippen LogP contribution in [0.3, 0.4) is 0 Å². The van der Waals surface area contributed by atoms with Crippen LogP contribution >= 0.6 is 0 Å². The Hall–Kier alpha value is -4.00. The number of ether oxygens (including phenoxy) is 1. The number of anilines is 2. The Bertz CT molecular complexity index is 1110. The molecule has 2 aliphatic rings. The number of hydrogen-bond donors (Lipinski definition) is 4. The lowest BCUT2D eigenvalue weighted by atomic mass is 9.93. The van der Waals surface area contributed by atoms with Gasteiger partial charge in [0.15, 0.2) is 0 Å². The van der Waals surface area contributed by atoms with Gasteiger partial charge in [-0.05, 0) is 48.9 Å². The first-order valence-electron chi connectivity index (χ1n) is 9.57. The summed E-state index contributed by atoms with van der Waals surface area (Å²) in [5.41, 5.74) is 11.3. The summed E-state index contributed by atoms with van der Waals surface area (Å²) in [6, 6.07) is 7.84. The second kappa shape index (κ2) is 8.16. The van der Waals surface area contributed by atoms with Crippen LogP contribution in [-0.2, 0) is 9.53 Å². The van der Waals surface area contributed by atoms with Gasteiger partial charge in [-0.25, -0.2) is 0 Å². The van der Waals surface area contributed by atoms with E-state index in [2.05, 4.69) is 20.9 Å². The molecule has 3 heterocycles. The van der Waals surface area contributed by atoms with Gasteiger partial charge in [0.2, 0.25) is 0 Å². The van der Waals surface area contributed by atoms with Gasteiger partial charge in [0.25, 0.3) is 5.91 Å². The maximum Gasteiger partial charge on any atom is 0.256 e. The van der Waals surface area contributed by atoms with Crippen molar-refractivity contribution in [2.24, 2.45) is 0 Å². The lowest BCUT2D eigenvalue weighted by Crippen LogP contribution is -2.28. The van der Waals surface area contributed by atoms with Crippen LogP contribution in [0.2, 0.25) is 0 Å². The number of benzene rings is 1. The number of methoxy groups -OCH3 is 1. The normalized spacial score (nSPS) is 17.3. The van der Waals surface area contributed by atoms with E-state index in [1.807, 2.05) is 37.3 Å². The number of rotatable bonds is 4. The Balaban J connectivity index is 1.64. The molecule has 0 saturated carbocycles. The van der Waals surface area contributed by atoms with Crippen LogP contribution in [0.15, 0.2) is 78.7 Å². The maximum atomic E-state index is 13.1. The SMILES string of the molecule is COC1=CNC=C(NC(=O)C2=CC(C)Nc3ccc(-c4cncc(N)c4)cc32)C=C1. The lowest BCUT2D eigenvalue weighted by molar-refractivity contribution is -0.114. The molecule has 0 radical (unpaired) electrons. The van der Waals surface area contributed by atoms with Crippen LogP contribution in [0.1, 0.15) is 12.5 Å². The summed E-state index contributed by atoms with van der Waals surface area (Å²) in [6.45, 7) is 2.01. The van der Waals surface area contributed by atoms with E-state index < -0.39 is 0 Å². The van der Waals surface area contributed by atoms with E-state index in [0.717, 1.165) is 22.4 Å². The Morgan fingerprint density at radius 3 is 2.83 bits per heavy atom. The zero-order valence-corrected chi connectivity index (χ0v) is 16.8. The number of allylic oxidation sites excluding steroid dienone is 2. The van der Waals surface area contributed by atoms with Crippen molar-refractivity contribution in [3.05, 3.63) is 84.3 Å². The van der Waals surface area contributed by atoms with Gasteiger partial charge >= 0.3 is 0 Å². The summed E-state index contributed by atoms with van der Waals surface area (Å²) in [5, 5.41) is 9.35. The monoisotopic (exact) mass is 401 g/mol. The number of carbonyl (C=O) groups excluding carboxylic acids is 1. The van der Waals surface area contributed by atoms with Gasteiger partial charge in [0.1, 0.15) is 5.76 Å². The van der Waals surface area contributed by atoms with E-state index in [9.17, 15) is 4.79 Å². The Morgan fingerprint density at radius 2 is 2.03 bits per heavy atom. The number of nitrogen functional groups attached to an aromatic ring is 1. The third-order valence-electron chi connectivity index (χ3n) is 4.83. The van der Waals surface area contributed by atoms with Gasteiger partial charge in [-0.1, -0.05) is 6.07 Å². The number of nitrogens with one attached hydrogen (secondary N) is 3. The molecule has 7 nitrogen and oxygen atoms in total. The molecule has 1 aromatic carbocycles. The zero-order chi connectivity index (χ0) is 21.1. The minimum atomic E-state index is -0.189. The highest BCUT2D eigenvalue weighted by atomic mass is 16.5. The topological polar surface area (TPSA) is 101 Å². The molecule has 1 amide bonds. The van der Waals surface area contributed by atoms with E-state index >= 15 is 0 Å². The fourth-order valence-corrected chi connectivity index (χ4v) is 3.40. The molecule has 0 saturated heterocycles. The van der Waals surface area contributed by atoms with Crippen molar-refractivity contribution in [3.63, 3.8) is 0 Å². The molecular formula is C23H23N5O2. The number of carbonyl (C=O) groups is 1. The number of amides is 1. The molecule has 152 valence electrons. The molecule has 0 aliphatic carbocycles. The van der Waals surface area contributed by atoms with Gasteiger partial charge in [-0.3, -0.25) is 9.78 Å². The minimum Gasteiger partial charge on any atom is -0.495 e. The lowest BCUT2D eigenvalue weighted by Gasteiger charge is -2.24. The van der Waals surface area contributed by atoms with Crippen molar-refractivity contribution in [3.8, 4) is 11.1 Å². The average Bonchev–Trinajstić information content (AvgIpc) is 2.97. The largest absolute Gasteiger partial charge is 0.495 e. The molecule has 0 spiro atoms. The third-order valence-corrected chi connectivity index (χ3v) is 4.83. The summed E-state index contributed by atoms with van der Waals surface area (Å²) >= 11 is 0. The van der Waals surface area contributed by atoms with Crippen LogP contribution in [0.25, 0.3) is 16.7 Å². The fraction of sp³-hybridized carbons (Fsp3) is 0.130. The highest BCUT2D eigenvalue weighted by Crippen LogP contribution is 2.34. The van der Waals surface area contributed by atoms with Crippen LogP contribution < -0.4 is 21.7 Å². The fourth-order valence-electron chi connectivity index (χ4n) is 3.40. The van der Waals surface area contributed by atoms with Crippen LogP contribution in [0, 0.1) is 0 Å². The molecule has 0 bridgehead atoms. The Morgan fingerprint density at radius 1 is 1.17 bits per heavy atom. The molecule has 1 atom stereocenters. The van der Waals surface area contributed by atoms with E-state index in [-0.39, 0.29) is 11.9 Å². The number of hydrogen-bond acceptors (Lipinski definition) is 6. The van der Waals surface area contributed by atoms with Gasteiger partial charge in [-0.15, -0.1) is 0 Å². The van der Waals surface area contributed by atoms with Gasteiger partial charge in [0, 0.05) is 53.2 Å². The molecule has 2 aliphatic heterocycles. The van der Waals surface area contributed by atoms with Gasteiger partial charge < -0.3 is 26.4 Å². The predicted molar refractivity (Wildman–Crippen MR) is 119 cm³/mol. The summed E-state index contributed by atoms with van der Waals surface area (Å²) in [4.78, 5) is 17.3. The van der Waals surface area contributed by atoms with E-state index in [1.54, 1.807) is 44.1 Å². The number of nitrogens with two attached hydrogens (primary N) is 1. The molecule has 1 unspecified atom stereocenters. The predicted octanol–water partition coefficient (Wildman–Crippen LogP) is 3.13. The number of pyridine rings is 1. The molecule has 2 aromatic rings. The molecule has 7 heteroatoms. The van der Waals surface area contributed by atoms with Crippen molar-refractivity contribution >= 4 is 22.9 Å². The van der Waals surface area contributed by atoms with Crippen molar-refractivity contribution in [1.82, 2.24) is 15.6 Å². The van der Waals surface area contributed by atoms with E-state index in [1.165, 1.54) is 0 Å². The molecule has 30 heavy (non-hydrogen) atoms. The molecule has 0 fully saturated rings. The van der Waals surface area contributed by atoms with Gasteiger partial charge in [-0.2, -0.15) is 0 Å². The molecular weight excluding hydrogens is 378 g/mol. The van der Waals surface area contributed by atoms with E-state index in [0.29, 0.717) is 22.7 Å². The number of fused-ring (bicyclic) bond motifs is 1. The molecule has 5 N–H and O–H groups in total. The molecule has 1 aromatic heterocycles. The van der Waals surface area contributed by atoms with E-state index in [4.69, 9.17) is 10.5 Å². The second-order valence-electron chi connectivity index (χ2n) is 7.09. The summed E-state index contributed by atoms with van der Waals surface area (Å²) < 4.78 is 5.20. The van der Waals surface area contributed by atoms with Crippen molar-refractivity contribution in [2.75, 3.05) is 18.2 Å². The minimum absolute atomic E-state index is 0.0247. The highest BCUT2D eigenvalue weighted by Gasteiger charge is 2.22. The Kier molecular flexibility index (Phi) is 5.26. The maximum absolute atomic E-state index is 13.1. The highest BCUT2D eigenvalue weighted by molar-refractivity contribution is 6.22. The third kappa shape index (κ3) is 4.05. The first-order valence-corrected chi connectivity index (χ1v) is 9.57. The van der Waals surface area contributed by atoms with Crippen molar-refractivity contribution in [2.45, 2.75) is 13.0 Å². The second-order valence-corrected chi connectivity index (χ2v) is 7.09. The van der Waals surface area contributed by atoms with Crippen LogP contribution in [0.4, 0.5) is 11.4 Å². The smallest absolute Gasteiger partial charge is 0.256 e. The summed E-state index contributed by atoms with van der Waals surface area (Å²) in [7, 11) is 1.59. The van der Waals surface area contributed by atoms with Crippen molar-refractivity contribution in [1.29, 1.82) is 0 Å². The zero-order valence-electron chi connectivity index (χ0n) is 16.8. The quantitative estimate of drug-likeness (QED) is 0.628. The average molecular weight is 401 g/mol. The van der Waals surface area contributed by atoms with Crippen molar-refractivity contribution < 1.29 is 9.53 Å². The van der Waals surface area contributed by atoms with Crippen LogP contribution in [-0.4, -0.2) is 24.0 Å². The number of aromatic nitrogens is 1. The first-order chi connectivity index (χ1) is 14.5. The summed E-state index contributed by atoms with van der Waals surface area (Å²) in [5.74, 6) is 0.474. The van der Waals surface area contributed by atoms with Crippen LogP contribution in [0.5, 0.6) is 0 Å². The first kappa shape index (κ1) is 19.3.